The van der Waals surface area contributed by atoms with E-state index in [-0.39, 0.29) is 65.5 Å². The van der Waals surface area contributed by atoms with Crippen LogP contribution in [0.4, 0.5) is 0 Å². The lowest BCUT2D eigenvalue weighted by Gasteiger charge is -2.40. The predicted octanol–water partition coefficient (Wildman–Crippen LogP) is 7.72. The van der Waals surface area contributed by atoms with Crippen LogP contribution in [0.5, 0.6) is 0 Å². The molecular weight excluding hydrogens is 811 g/mol. The predicted molar refractivity (Wildman–Crippen MR) is 246 cm³/mol. The van der Waals surface area contributed by atoms with Crippen LogP contribution in [0.25, 0.3) is 0 Å². The summed E-state index contributed by atoms with van der Waals surface area (Å²) in [7, 11) is 1.52. The molecule has 2 aromatic rings. The first-order valence-electron chi connectivity index (χ1n) is 22.0. The van der Waals surface area contributed by atoms with E-state index in [1.807, 2.05) is 72.0 Å². The molecule has 0 radical (unpaired) electrons. The Kier molecular flexibility index (Phi) is 21.8. The normalized spacial score (nSPS) is 15.6. The lowest BCUT2D eigenvalue weighted by atomic mass is 9.93. The van der Waals surface area contributed by atoms with Crippen LogP contribution in [0.1, 0.15) is 129 Å². The maximum Gasteiger partial charge on any atom is 0.308 e. The molecule has 0 aliphatic rings. The van der Waals surface area contributed by atoms with Crippen molar-refractivity contribution >= 4 is 49.3 Å². The summed E-state index contributed by atoms with van der Waals surface area (Å²) in [6.07, 6.45) is 1.42. The number of aromatic nitrogens is 1. The Labute approximate surface area is 371 Å². The third kappa shape index (κ3) is 17.2. The molecule has 0 unspecified atom stereocenters. The van der Waals surface area contributed by atoms with Crippen molar-refractivity contribution in [2.75, 3.05) is 27.2 Å². The quantitative estimate of drug-likeness (QED) is 0.0664. The Morgan fingerprint density at radius 2 is 1.54 bits per heavy atom. The molecule has 1 heterocycles. The third-order valence-electron chi connectivity index (χ3n) is 11.7. The summed E-state index contributed by atoms with van der Waals surface area (Å²) in [6, 6.07) is 8.11. The maximum atomic E-state index is 14.4. The van der Waals surface area contributed by atoms with Gasteiger partial charge in [-0.15, -0.1) is 11.3 Å². The second kappa shape index (κ2) is 24.8. The highest BCUT2D eigenvalue weighted by molar-refractivity contribution is 7.09. The fourth-order valence-corrected chi connectivity index (χ4v) is 9.25. The maximum absolute atomic E-state index is 14.4. The van der Waals surface area contributed by atoms with Crippen molar-refractivity contribution in [3.8, 4) is 0 Å². The average molecular weight is 888 g/mol. The molecule has 344 valence electrons. The zero-order chi connectivity index (χ0) is 46.2. The molecule has 0 saturated heterocycles. The van der Waals surface area contributed by atoms with Crippen LogP contribution in [-0.4, -0.2) is 99.3 Å². The summed E-state index contributed by atoms with van der Waals surface area (Å²) in [6.45, 7) is 26.6. The molecule has 0 fully saturated rings. The summed E-state index contributed by atoms with van der Waals surface area (Å²) in [5.74, 6) is -2.85. The molecule has 0 aliphatic carbocycles. The Hall–Kier alpha value is -3.66. The van der Waals surface area contributed by atoms with Gasteiger partial charge in [0.1, 0.15) is 16.7 Å². The van der Waals surface area contributed by atoms with Crippen molar-refractivity contribution < 1.29 is 37.9 Å². The molecule has 0 aliphatic heterocycles. The van der Waals surface area contributed by atoms with Crippen LogP contribution in [-0.2, 0) is 39.5 Å². The Bertz CT molecular complexity index is 1700. The lowest BCUT2D eigenvalue weighted by Crippen LogP contribution is -2.55. The number of nitrogens with one attached hydrogen (secondary N) is 3. The number of thiazole rings is 1. The molecule has 61 heavy (non-hydrogen) atoms. The minimum absolute atomic E-state index is 0.0204. The third-order valence-corrected chi connectivity index (χ3v) is 17.1. The van der Waals surface area contributed by atoms with Crippen LogP contribution in [0.3, 0.4) is 0 Å². The van der Waals surface area contributed by atoms with Gasteiger partial charge < -0.3 is 34.8 Å². The lowest BCUT2D eigenvalue weighted by molar-refractivity contribution is -0.149. The number of rotatable bonds is 25. The molecule has 15 heteroatoms. The van der Waals surface area contributed by atoms with E-state index in [1.165, 1.54) is 18.3 Å². The van der Waals surface area contributed by atoms with Crippen molar-refractivity contribution in [1.82, 2.24) is 25.8 Å². The molecular formula is C46H77N5O8SSi. The van der Waals surface area contributed by atoms with Crippen LogP contribution >= 0.6 is 11.3 Å². The van der Waals surface area contributed by atoms with Gasteiger partial charge in [-0.1, -0.05) is 92.6 Å². The van der Waals surface area contributed by atoms with Crippen LogP contribution in [0.15, 0.2) is 35.7 Å². The monoisotopic (exact) mass is 888 g/mol. The number of carbonyl (C=O) groups is 5. The Morgan fingerprint density at radius 3 is 2.08 bits per heavy atom. The van der Waals surface area contributed by atoms with Crippen molar-refractivity contribution in [3.05, 3.63) is 52.0 Å². The molecule has 0 spiro atoms. The number of ether oxygens (including phenoxy) is 2. The second-order valence-corrected chi connectivity index (χ2v) is 24.3. The number of likely N-dealkylation sites (N-methyl/N-ethyl adjacent to an activating group) is 1. The number of amides is 3. The van der Waals surface area contributed by atoms with Gasteiger partial charge >= 0.3 is 11.9 Å². The van der Waals surface area contributed by atoms with Gasteiger partial charge in [0, 0.05) is 49.9 Å². The van der Waals surface area contributed by atoms with Gasteiger partial charge in [-0.25, -0.2) is 4.98 Å². The number of esters is 2. The molecule has 13 nitrogen and oxygen atoms in total. The van der Waals surface area contributed by atoms with E-state index in [0.29, 0.717) is 24.3 Å². The van der Waals surface area contributed by atoms with E-state index < -0.39 is 50.2 Å². The summed E-state index contributed by atoms with van der Waals surface area (Å²) in [5.41, 5.74) is 1.16. The molecule has 2 rings (SSSR count). The first-order valence-corrected chi connectivity index (χ1v) is 25.7. The number of nitrogens with zero attached hydrogens (tertiary/aromatic N) is 2. The SMILES string of the molecule is CCOC(=O)[C@@H](C)C[C@H](Cc1ccccc1)NC(=O)c1csc([C@@H](C[C@H](C(C)C)N(C)C(=O)[C@@H](NC(=O)[C@H](C)C[C@@H](CCNC)O[Si](C)(C)C(C)(C)C)C(C)C)OC(C)=O)n1. The van der Waals surface area contributed by atoms with Crippen molar-refractivity contribution in [3.63, 3.8) is 0 Å². The molecule has 3 N–H and O–H groups in total. The number of benzene rings is 1. The summed E-state index contributed by atoms with van der Waals surface area (Å²) in [4.78, 5) is 73.2. The summed E-state index contributed by atoms with van der Waals surface area (Å²) >= 11 is 1.20. The Morgan fingerprint density at radius 1 is 0.902 bits per heavy atom. The van der Waals surface area contributed by atoms with E-state index in [0.717, 1.165) is 18.5 Å². The second-order valence-electron chi connectivity index (χ2n) is 18.7. The van der Waals surface area contributed by atoms with Crippen molar-refractivity contribution in [2.45, 2.75) is 157 Å². The number of hydrogen-bond acceptors (Lipinski definition) is 11. The molecule has 0 bridgehead atoms. The first-order chi connectivity index (χ1) is 28.4. The fraction of sp³-hybridized carbons (Fsp3) is 0.696. The van der Waals surface area contributed by atoms with Crippen LogP contribution in [0, 0.1) is 23.7 Å². The van der Waals surface area contributed by atoms with E-state index in [2.05, 4.69) is 54.8 Å². The number of hydrogen-bond donors (Lipinski definition) is 3. The molecule has 7 atom stereocenters. The van der Waals surface area contributed by atoms with E-state index in [9.17, 15) is 24.0 Å². The summed E-state index contributed by atoms with van der Waals surface area (Å²) in [5, 5.41) is 11.4. The van der Waals surface area contributed by atoms with Gasteiger partial charge in [-0.3, -0.25) is 24.0 Å². The van der Waals surface area contributed by atoms with Gasteiger partial charge in [0.15, 0.2) is 14.4 Å². The zero-order valence-electron chi connectivity index (χ0n) is 39.7. The molecule has 0 saturated carbocycles. The highest BCUT2D eigenvalue weighted by Crippen LogP contribution is 2.38. The molecule has 1 aromatic heterocycles. The standard InChI is InChI=1S/C46H77N5O8SSi/c1-16-57-45(56)32(7)24-35(26-34-20-18-17-19-21-34)48-42(54)37-28-60-43(49-37)39(58-33(8)52)27-38(29(2)3)51(13)44(55)40(30(4)5)50-41(53)31(6)25-36(22-23-47-12)59-61(14,15)46(9,10)11/h17-21,28-32,35-36,38-40,47H,16,22-27H2,1-15H3,(H,48,54)(H,50,53)/t31-,32+,35-,36-,38-,39-,40+/m1/s1. The minimum atomic E-state index is -2.10. The van der Waals surface area contributed by atoms with Crippen molar-refractivity contribution in [1.29, 1.82) is 0 Å². The van der Waals surface area contributed by atoms with Gasteiger partial charge in [0.2, 0.25) is 11.8 Å². The highest BCUT2D eigenvalue weighted by Gasteiger charge is 2.40. The topological polar surface area (TPSA) is 165 Å². The van der Waals surface area contributed by atoms with Crippen LogP contribution < -0.4 is 16.0 Å². The first kappa shape index (κ1) is 53.5. The van der Waals surface area contributed by atoms with Gasteiger partial charge in [-0.2, -0.15) is 0 Å². The number of carbonyl (C=O) groups excluding carboxylic acids is 5. The fourth-order valence-electron chi connectivity index (χ4n) is 7.01. The largest absolute Gasteiger partial charge is 0.466 e. The van der Waals surface area contributed by atoms with Gasteiger partial charge in [-0.05, 0) is 81.7 Å². The van der Waals surface area contributed by atoms with E-state index in [1.54, 1.807) is 31.2 Å². The minimum Gasteiger partial charge on any atom is -0.466 e. The van der Waals surface area contributed by atoms with Gasteiger partial charge in [0.25, 0.3) is 5.91 Å². The van der Waals surface area contributed by atoms with Crippen LogP contribution in [0.2, 0.25) is 18.1 Å². The highest BCUT2D eigenvalue weighted by atomic mass is 32.1. The smallest absolute Gasteiger partial charge is 0.308 e. The van der Waals surface area contributed by atoms with Gasteiger partial charge in [0.05, 0.1) is 12.5 Å². The zero-order valence-corrected chi connectivity index (χ0v) is 41.5. The molecule has 1 aromatic carbocycles. The van der Waals surface area contributed by atoms with E-state index in [4.69, 9.17) is 13.9 Å². The Balaban J connectivity index is 2.30. The average Bonchev–Trinajstić information content (AvgIpc) is 3.67. The van der Waals surface area contributed by atoms with Crippen molar-refractivity contribution in [2.24, 2.45) is 23.7 Å². The van der Waals surface area contributed by atoms with E-state index >= 15 is 0 Å². The summed E-state index contributed by atoms with van der Waals surface area (Å²) < 4.78 is 17.8. The molecule has 3 amide bonds.